The molecule has 132 valence electrons. The first-order chi connectivity index (χ1) is 12.1. The fourth-order valence-electron chi connectivity index (χ4n) is 4.19. The van der Waals surface area contributed by atoms with E-state index >= 15 is 0 Å². The lowest BCUT2D eigenvalue weighted by atomic mass is 10.0. The maximum absolute atomic E-state index is 13.3. The van der Waals surface area contributed by atoms with E-state index < -0.39 is 0 Å². The van der Waals surface area contributed by atoms with Gasteiger partial charge in [0.05, 0.1) is 18.8 Å². The maximum Gasteiger partial charge on any atom is 0.259 e. The number of carbonyl (C=O) groups is 1. The van der Waals surface area contributed by atoms with Crippen molar-refractivity contribution in [3.63, 3.8) is 0 Å². The molecular formula is C19H23N3O3. The van der Waals surface area contributed by atoms with Crippen molar-refractivity contribution in [2.24, 2.45) is 0 Å². The van der Waals surface area contributed by atoms with E-state index in [1.54, 1.807) is 7.11 Å². The highest BCUT2D eigenvalue weighted by Crippen LogP contribution is 2.38. The lowest BCUT2D eigenvalue weighted by molar-refractivity contribution is 0.0730. The van der Waals surface area contributed by atoms with Crippen molar-refractivity contribution in [3.05, 3.63) is 39.9 Å². The predicted octanol–water partition coefficient (Wildman–Crippen LogP) is 3.16. The maximum atomic E-state index is 13.3. The summed E-state index contributed by atoms with van der Waals surface area (Å²) in [6, 6.07) is 2.00. The number of rotatable bonds is 3. The molecule has 6 heteroatoms. The molecule has 0 unspecified atom stereocenters. The van der Waals surface area contributed by atoms with Gasteiger partial charge in [0.25, 0.3) is 5.91 Å². The number of nitrogens with zero attached hydrogens (tertiary/aromatic N) is 3. The van der Waals surface area contributed by atoms with Crippen LogP contribution in [0.3, 0.4) is 0 Å². The minimum absolute atomic E-state index is 0.0108. The summed E-state index contributed by atoms with van der Waals surface area (Å²) in [4.78, 5) is 19.8. The summed E-state index contributed by atoms with van der Waals surface area (Å²) < 4.78 is 10.8. The quantitative estimate of drug-likeness (QED) is 0.858. The molecule has 4 rings (SSSR count). The average molecular weight is 341 g/mol. The topological polar surface area (TPSA) is 68.5 Å². The third-order valence-corrected chi connectivity index (χ3v) is 5.38. The van der Waals surface area contributed by atoms with Gasteiger partial charge in [0.1, 0.15) is 11.3 Å². The highest BCUT2D eigenvalue weighted by molar-refractivity contribution is 5.97. The van der Waals surface area contributed by atoms with E-state index in [4.69, 9.17) is 9.26 Å². The number of hydrogen-bond donors (Lipinski definition) is 0. The van der Waals surface area contributed by atoms with Crippen molar-refractivity contribution < 1.29 is 14.1 Å². The number of methoxy groups -OCH3 is 1. The number of hydrogen-bond acceptors (Lipinski definition) is 5. The van der Waals surface area contributed by atoms with Gasteiger partial charge in [-0.3, -0.25) is 4.79 Å². The molecule has 0 spiro atoms. The molecule has 6 nitrogen and oxygen atoms in total. The molecule has 1 amide bonds. The zero-order chi connectivity index (χ0) is 17.6. The summed E-state index contributed by atoms with van der Waals surface area (Å²) >= 11 is 0. The van der Waals surface area contributed by atoms with E-state index in [0.717, 1.165) is 61.4 Å². The van der Waals surface area contributed by atoms with E-state index in [2.05, 4.69) is 10.1 Å². The second-order valence-corrected chi connectivity index (χ2v) is 6.90. The van der Waals surface area contributed by atoms with Crippen molar-refractivity contribution >= 4 is 5.91 Å². The fraction of sp³-hybridized carbons (Fsp3) is 0.526. The van der Waals surface area contributed by atoms with Crippen LogP contribution in [-0.2, 0) is 12.8 Å². The van der Waals surface area contributed by atoms with Crippen LogP contribution in [0, 0.1) is 13.8 Å². The summed E-state index contributed by atoms with van der Waals surface area (Å²) in [5.74, 6) is 1.22. The minimum atomic E-state index is -0.0125. The molecule has 25 heavy (non-hydrogen) atoms. The molecule has 1 saturated heterocycles. The summed E-state index contributed by atoms with van der Waals surface area (Å²) in [6.07, 6.45) is 4.94. The minimum Gasteiger partial charge on any atom is -0.480 e. The van der Waals surface area contributed by atoms with Gasteiger partial charge in [0.2, 0.25) is 5.88 Å². The monoisotopic (exact) mass is 341 g/mol. The molecule has 1 fully saturated rings. The highest BCUT2D eigenvalue weighted by Gasteiger charge is 2.36. The Morgan fingerprint density at radius 3 is 2.88 bits per heavy atom. The molecule has 1 aliphatic heterocycles. The molecule has 0 aromatic carbocycles. The third kappa shape index (κ3) is 2.60. The van der Waals surface area contributed by atoms with E-state index in [0.29, 0.717) is 11.4 Å². The number of amides is 1. The molecule has 2 aromatic heterocycles. The van der Waals surface area contributed by atoms with Crippen LogP contribution in [0.2, 0.25) is 0 Å². The van der Waals surface area contributed by atoms with Gasteiger partial charge in [-0.2, -0.15) is 0 Å². The Labute approximate surface area is 147 Å². The largest absolute Gasteiger partial charge is 0.480 e. The van der Waals surface area contributed by atoms with Crippen LogP contribution < -0.4 is 4.74 Å². The molecule has 2 aliphatic rings. The summed E-state index contributed by atoms with van der Waals surface area (Å²) in [5, 5.41) is 4.06. The SMILES string of the molecule is COc1nc2c(cc1C(=O)N1CCC[C@H]1c1c(C)noc1C)CCC2. The van der Waals surface area contributed by atoms with Crippen LogP contribution in [0.4, 0.5) is 0 Å². The lowest BCUT2D eigenvalue weighted by Crippen LogP contribution is -2.31. The van der Waals surface area contributed by atoms with Crippen molar-refractivity contribution in [1.29, 1.82) is 0 Å². The van der Waals surface area contributed by atoms with Gasteiger partial charge in [0, 0.05) is 17.8 Å². The molecule has 1 aliphatic carbocycles. The zero-order valence-electron chi connectivity index (χ0n) is 15.0. The highest BCUT2D eigenvalue weighted by atomic mass is 16.5. The molecule has 2 aromatic rings. The Hall–Kier alpha value is -2.37. The normalized spacial score (nSPS) is 19.3. The first kappa shape index (κ1) is 16.1. The number of pyridine rings is 1. The standard InChI is InChI=1S/C19H23N3O3/c1-11-17(12(2)25-21-11)16-8-5-9-22(16)19(23)14-10-13-6-4-7-15(13)20-18(14)24-3/h10,16H,4-9H2,1-3H3/t16-/m0/s1. The van der Waals surface area contributed by atoms with E-state index in [9.17, 15) is 4.79 Å². The second-order valence-electron chi connectivity index (χ2n) is 6.90. The average Bonchev–Trinajstić information content (AvgIpc) is 3.32. The number of aromatic nitrogens is 2. The molecule has 0 N–H and O–H groups in total. The Morgan fingerprint density at radius 1 is 1.32 bits per heavy atom. The number of ether oxygens (including phenoxy) is 1. The van der Waals surface area contributed by atoms with Crippen molar-refractivity contribution in [1.82, 2.24) is 15.0 Å². The van der Waals surface area contributed by atoms with Gasteiger partial charge >= 0.3 is 0 Å². The van der Waals surface area contributed by atoms with Crippen molar-refractivity contribution in [3.8, 4) is 5.88 Å². The Bertz CT molecular complexity index is 808. The number of carbonyl (C=O) groups excluding carboxylic acids is 1. The first-order valence-corrected chi connectivity index (χ1v) is 8.90. The van der Waals surface area contributed by atoms with E-state index in [1.807, 2.05) is 24.8 Å². The summed E-state index contributed by atoms with van der Waals surface area (Å²) in [7, 11) is 1.58. The van der Waals surface area contributed by atoms with Gasteiger partial charge in [0.15, 0.2) is 0 Å². The lowest BCUT2D eigenvalue weighted by Gasteiger charge is -2.25. The second kappa shape index (κ2) is 6.17. The van der Waals surface area contributed by atoms with Gasteiger partial charge in [-0.1, -0.05) is 5.16 Å². The van der Waals surface area contributed by atoms with Crippen LogP contribution in [-0.4, -0.2) is 34.6 Å². The first-order valence-electron chi connectivity index (χ1n) is 8.90. The predicted molar refractivity (Wildman–Crippen MR) is 91.8 cm³/mol. The molecule has 0 saturated carbocycles. The molecule has 1 atom stereocenters. The van der Waals surface area contributed by atoms with E-state index in [1.165, 1.54) is 5.56 Å². The smallest absolute Gasteiger partial charge is 0.259 e. The Balaban J connectivity index is 1.71. The van der Waals surface area contributed by atoms with Crippen molar-refractivity contribution in [2.45, 2.75) is 52.0 Å². The number of fused-ring (bicyclic) bond motifs is 1. The molecule has 0 radical (unpaired) electrons. The fourth-order valence-corrected chi connectivity index (χ4v) is 4.19. The Kier molecular flexibility index (Phi) is 3.98. The van der Waals surface area contributed by atoms with Gasteiger partial charge in [-0.05, 0) is 57.6 Å². The third-order valence-electron chi connectivity index (χ3n) is 5.38. The molecular weight excluding hydrogens is 318 g/mol. The summed E-state index contributed by atoms with van der Waals surface area (Å²) in [6.45, 7) is 4.58. The van der Waals surface area contributed by atoms with Crippen LogP contribution in [0.15, 0.2) is 10.6 Å². The number of likely N-dealkylation sites (tertiary alicyclic amines) is 1. The van der Waals surface area contributed by atoms with Gasteiger partial charge in [-0.15, -0.1) is 0 Å². The van der Waals surface area contributed by atoms with Crippen LogP contribution in [0.1, 0.15) is 63.9 Å². The van der Waals surface area contributed by atoms with Crippen LogP contribution in [0.5, 0.6) is 5.88 Å². The van der Waals surface area contributed by atoms with Crippen LogP contribution in [0.25, 0.3) is 0 Å². The van der Waals surface area contributed by atoms with Crippen molar-refractivity contribution in [2.75, 3.05) is 13.7 Å². The Morgan fingerprint density at radius 2 is 2.16 bits per heavy atom. The van der Waals surface area contributed by atoms with Crippen LogP contribution >= 0.6 is 0 Å². The number of aryl methyl sites for hydroxylation is 4. The molecule has 0 bridgehead atoms. The van der Waals surface area contributed by atoms with E-state index in [-0.39, 0.29) is 11.9 Å². The molecule has 3 heterocycles. The zero-order valence-corrected chi connectivity index (χ0v) is 15.0. The van der Waals surface area contributed by atoms with Gasteiger partial charge in [-0.25, -0.2) is 4.98 Å². The van der Waals surface area contributed by atoms with Gasteiger partial charge < -0.3 is 14.2 Å². The summed E-state index contributed by atoms with van der Waals surface area (Å²) in [5.41, 5.74) is 4.72.